The summed E-state index contributed by atoms with van der Waals surface area (Å²) in [7, 11) is -3.66. The fraction of sp³-hybridized carbons (Fsp3) is 0.389. The fourth-order valence-electron chi connectivity index (χ4n) is 2.91. The molecular formula is C18H23N3O5S. The Bertz CT molecular complexity index is 861. The molecule has 27 heavy (non-hydrogen) atoms. The van der Waals surface area contributed by atoms with Gasteiger partial charge in [0.1, 0.15) is 12.3 Å². The summed E-state index contributed by atoms with van der Waals surface area (Å²) < 4.78 is 36.5. The third-order valence-corrected chi connectivity index (χ3v) is 5.36. The molecule has 3 rings (SSSR count). The van der Waals surface area contributed by atoms with Crippen molar-refractivity contribution in [1.82, 2.24) is 5.32 Å². The minimum absolute atomic E-state index is 0.203. The molecule has 0 atom stereocenters. The van der Waals surface area contributed by atoms with Crippen molar-refractivity contribution in [2.45, 2.75) is 6.54 Å². The average molecular weight is 393 g/mol. The molecule has 146 valence electrons. The van der Waals surface area contributed by atoms with Crippen molar-refractivity contribution in [1.29, 1.82) is 0 Å². The van der Waals surface area contributed by atoms with E-state index in [1.807, 2.05) is 12.1 Å². The maximum Gasteiger partial charge on any atom is 0.241 e. The number of ether oxygens (including phenoxy) is 1. The molecule has 2 heterocycles. The maximum absolute atomic E-state index is 12.4. The van der Waals surface area contributed by atoms with E-state index in [0.29, 0.717) is 37.8 Å². The first kappa shape index (κ1) is 19.2. The van der Waals surface area contributed by atoms with Crippen LogP contribution in [-0.4, -0.2) is 53.4 Å². The van der Waals surface area contributed by atoms with Gasteiger partial charge in [0.25, 0.3) is 0 Å². The summed E-state index contributed by atoms with van der Waals surface area (Å²) in [6.07, 6.45) is 2.62. The van der Waals surface area contributed by atoms with Gasteiger partial charge >= 0.3 is 0 Å². The summed E-state index contributed by atoms with van der Waals surface area (Å²) in [4.78, 5) is 14.4. The molecule has 1 N–H and O–H groups in total. The molecular weight excluding hydrogens is 370 g/mol. The quantitative estimate of drug-likeness (QED) is 0.760. The van der Waals surface area contributed by atoms with Crippen LogP contribution in [0.1, 0.15) is 5.76 Å². The van der Waals surface area contributed by atoms with E-state index in [9.17, 15) is 13.2 Å². The predicted molar refractivity (Wildman–Crippen MR) is 102 cm³/mol. The van der Waals surface area contributed by atoms with E-state index >= 15 is 0 Å². The molecule has 1 aliphatic heterocycles. The molecule has 0 aliphatic carbocycles. The van der Waals surface area contributed by atoms with Crippen molar-refractivity contribution < 1.29 is 22.4 Å². The van der Waals surface area contributed by atoms with Gasteiger partial charge in [-0.15, -0.1) is 0 Å². The zero-order valence-corrected chi connectivity index (χ0v) is 15.9. The summed E-state index contributed by atoms with van der Waals surface area (Å²) in [6.45, 7) is 2.39. The van der Waals surface area contributed by atoms with Crippen LogP contribution in [0.2, 0.25) is 0 Å². The molecule has 8 nitrogen and oxygen atoms in total. The number of anilines is 2. The SMILES string of the molecule is CS(=O)(=O)N(CC(=O)NCc1ccco1)c1ccccc1N1CCOCC1. The van der Waals surface area contributed by atoms with Gasteiger partial charge in [-0.1, -0.05) is 12.1 Å². The summed E-state index contributed by atoms with van der Waals surface area (Å²) in [5.41, 5.74) is 1.25. The number of hydrogen-bond acceptors (Lipinski definition) is 6. The molecule has 1 aromatic carbocycles. The molecule has 0 unspecified atom stereocenters. The third-order valence-electron chi connectivity index (χ3n) is 4.23. The third kappa shape index (κ3) is 5.01. The Labute approximate surface area is 158 Å². The number of hydrogen-bond donors (Lipinski definition) is 1. The smallest absolute Gasteiger partial charge is 0.241 e. The molecule has 1 aromatic heterocycles. The van der Waals surface area contributed by atoms with Crippen molar-refractivity contribution in [3.8, 4) is 0 Å². The zero-order valence-electron chi connectivity index (χ0n) is 15.1. The zero-order chi connectivity index (χ0) is 19.3. The van der Waals surface area contributed by atoms with Crippen molar-refractivity contribution in [3.05, 3.63) is 48.4 Å². The monoisotopic (exact) mass is 393 g/mol. The first-order valence-corrected chi connectivity index (χ1v) is 10.5. The van der Waals surface area contributed by atoms with Gasteiger partial charge in [-0.25, -0.2) is 8.42 Å². The standard InChI is InChI=1S/C18H23N3O5S/c1-27(23,24)21(14-18(22)19-13-15-5-4-10-26-15)17-7-3-2-6-16(17)20-8-11-25-12-9-20/h2-7,10H,8-9,11-14H2,1H3,(H,19,22). The summed E-state index contributed by atoms with van der Waals surface area (Å²) in [5.74, 6) is 0.191. The predicted octanol–water partition coefficient (Wildman–Crippen LogP) is 1.20. The second kappa shape index (κ2) is 8.45. The summed E-state index contributed by atoms with van der Waals surface area (Å²) in [6, 6.07) is 10.7. The second-order valence-electron chi connectivity index (χ2n) is 6.21. The van der Waals surface area contributed by atoms with E-state index in [0.717, 1.165) is 16.2 Å². The van der Waals surface area contributed by atoms with Gasteiger partial charge in [0.15, 0.2) is 0 Å². The molecule has 0 saturated carbocycles. The van der Waals surface area contributed by atoms with Crippen LogP contribution in [0.3, 0.4) is 0 Å². The van der Waals surface area contributed by atoms with Crippen molar-refractivity contribution in [2.75, 3.05) is 48.3 Å². The first-order chi connectivity index (χ1) is 12.9. The van der Waals surface area contributed by atoms with E-state index in [2.05, 4.69) is 10.2 Å². The average Bonchev–Trinajstić information content (AvgIpc) is 3.18. The Kier molecular flexibility index (Phi) is 6.02. The normalized spacial score (nSPS) is 14.8. The minimum atomic E-state index is -3.66. The molecule has 0 spiro atoms. The number of rotatable bonds is 7. The van der Waals surface area contributed by atoms with Gasteiger partial charge in [0, 0.05) is 13.1 Å². The van der Waals surface area contributed by atoms with E-state index in [-0.39, 0.29) is 13.1 Å². The highest BCUT2D eigenvalue weighted by Crippen LogP contribution is 2.31. The molecule has 1 fully saturated rings. The number of para-hydroxylation sites is 2. The molecule has 2 aromatic rings. The Balaban J connectivity index is 1.80. The number of morpholine rings is 1. The van der Waals surface area contributed by atoms with Gasteiger partial charge in [0.2, 0.25) is 15.9 Å². The summed E-state index contributed by atoms with van der Waals surface area (Å²) >= 11 is 0. The van der Waals surface area contributed by atoms with Crippen LogP contribution in [0.5, 0.6) is 0 Å². The second-order valence-corrected chi connectivity index (χ2v) is 8.12. The van der Waals surface area contributed by atoms with Crippen LogP contribution in [0.15, 0.2) is 47.1 Å². The maximum atomic E-state index is 12.4. The number of furan rings is 1. The van der Waals surface area contributed by atoms with E-state index in [1.165, 1.54) is 6.26 Å². The highest BCUT2D eigenvalue weighted by Gasteiger charge is 2.25. The van der Waals surface area contributed by atoms with E-state index in [1.54, 1.807) is 24.3 Å². The Morgan fingerprint density at radius 1 is 1.19 bits per heavy atom. The van der Waals surface area contributed by atoms with Crippen molar-refractivity contribution in [2.24, 2.45) is 0 Å². The van der Waals surface area contributed by atoms with E-state index < -0.39 is 15.9 Å². The van der Waals surface area contributed by atoms with Crippen molar-refractivity contribution >= 4 is 27.3 Å². The summed E-state index contributed by atoms with van der Waals surface area (Å²) in [5, 5.41) is 2.68. The molecule has 1 aliphatic rings. The number of carbonyl (C=O) groups excluding carboxylic acids is 1. The molecule has 1 saturated heterocycles. The van der Waals surface area contributed by atoms with Gasteiger partial charge in [-0.05, 0) is 24.3 Å². The van der Waals surface area contributed by atoms with Crippen LogP contribution < -0.4 is 14.5 Å². The largest absolute Gasteiger partial charge is 0.467 e. The van der Waals surface area contributed by atoms with Gasteiger partial charge in [-0.2, -0.15) is 0 Å². The topological polar surface area (TPSA) is 92.1 Å². The number of carbonyl (C=O) groups is 1. The lowest BCUT2D eigenvalue weighted by Gasteiger charge is -2.33. The fourth-order valence-corrected chi connectivity index (χ4v) is 3.78. The van der Waals surface area contributed by atoms with E-state index in [4.69, 9.17) is 9.15 Å². The van der Waals surface area contributed by atoms with Crippen LogP contribution in [0, 0.1) is 0 Å². The lowest BCUT2D eigenvalue weighted by Crippen LogP contribution is -2.42. The number of benzene rings is 1. The van der Waals surface area contributed by atoms with Crippen LogP contribution in [0.25, 0.3) is 0 Å². The molecule has 0 bridgehead atoms. The van der Waals surface area contributed by atoms with Gasteiger partial charge in [0.05, 0.1) is 43.7 Å². The lowest BCUT2D eigenvalue weighted by molar-refractivity contribution is -0.119. The number of amides is 1. The van der Waals surface area contributed by atoms with Crippen LogP contribution >= 0.6 is 0 Å². The van der Waals surface area contributed by atoms with Gasteiger partial charge in [-0.3, -0.25) is 9.10 Å². The highest BCUT2D eigenvalue weighted by molar-refractivity contribution is 7.92. The molecule has 0 radical (unpaired) electrons. The van der Waals surface area contributed by atoms with Crippen LogP contribution in [0.4, 0.5) is 11.4 Å². The molecule has 1 amide bonds. The number of nitrogens with zero attached hydrogens (tertiary/aromatic N) is 2. The highest BCUT2D eigenvalue weighted by atomic mass is 32.2. The Hall–Kier alpha value is -2.52. The lowest BCUT2D eigenvalue weighted by atomic mass is 10.2. The Morgan fingerprint density at radius 3 is 2.59 bits per heavy atom. The first-order valence-electron chi connectivity index (χ1n) is 8.63. The van der Waals surface area contributed by atoms with Crippen molar-refractivity contribution in [3.63, 3.8) is 0 Å². The minimum Gasteiger partial charge on any atom is -0.467 e. The Morgan fingerprint density at radius 2 is 1.93 bits per heavy atom. The number of nitrogens with one attached hydrogen (secondary N) is 1. The van der Waals surface area contributed by atoms with Gasteiger partial charge < -0.3 is 19.4 Å². The molecule has 9 heteroatoms. The van der Waals surface area contributed by atoms with Crippen LogP contribution in [-0.2, 0) is 26.1 Å². The number of sulfonamides is 1.